The lowest BCUT2D eigenvalue weighted by molar-refractivity contribution is 0.0944. The third kappa shape index (κ3) is 2.98. The maximum absolute atomic E-state index is 13.1. The van der Waals surface area contributed by atoms with E-state index in [9.17, 15) is 9.18 Å². The highest BCUT2D eigenvalue weighted by atomic mass is 19.1. The van der Waals surface area contributed by atoms with Gasteiger partial charge in [-0.15, -0.1) is 0 Å². The molecule has 1 saturated heterocycles. The maximum atomic E-state index is 13.1. The minimum absolute atomic E-state index is 0.239. The van der Waals surface area contributed by atoms with Gasteiger partial charge in [-0.1, -0.05) is 0 Å². The highest BCUT2D eigenvalue weighted by Gasteiger charge is 2.17. The molecule has 0 bridgehead atoms. The number of ether oxygens (including phenoxy) is 1. The number of methoxy groups -OCH3 is 1. The SMILES string of the molecule is COc1ccc(F)cc1C(=O)NCC1CCNC1. The summed E-state index contributed by atoms with van der Waals surface area (Å²) in [6.45, 7) is 2.51. The first kappa shape index (κ1) is 12.8. The predicted molar refractivity (Wildman–Crippen MR) is 66.3 cm³/mol. The molecule has 5 heteroatoms. The van der Waals surface area contributed by atoms with Crippen LogP contribution in [-0.4, -0.2) is 32.7 Å². The van der Waals surface area contributed by atoms with Gasteiger partial charge in [-0.25, -0.2) is 4.39 Å². The molecule has 1 aliphatic heterocycles. The van der Waals surface area contributed by atoms with Crippen molar-refractivity contribution in [3.05, 3.63) is 29.6 Å². The second-order valence-corrected chi connectivity index (χ2v) is 4.41. The average Bonchev–Trinajstić information content (AvgIpc) is 2.89. The second-order valence-electron chi connectivity index (χ2n) is 4.41. The molecule has 0 radical (unpaired) electrons. The lowest BCUT2D eigenvalue weighted by atomic mass is 10.1. The van der Waals surface area contributed by atoms with E-state index in [1.165, 1.54) is 25.3 Å². The molecule has 0 spiro atoms. The summed E-state index contributed by atoms with van der Waals surface area (Å²) in [5.41, 5.74) is 0.239. The Morgan fingerprint density at radius 1 is 1.61 bits per heavy atom. The average molecular weight is 252 g/mol. The van der Waals surface area contributed by atoms with Gasteiger partial charge in [0.2, 0.25) is 0 Å². The van der Waals surface area contributed by atoms with E-state index in [4.69, 9.17) is 4.74 Å². The minimum Gasteiger partial charge on any atom is -0.496 e. The fourth-order valence-corrected chi connectivity index (χ4v) is 2.08. The normalized spacial score (nSPS) is 18.7. The van der Waals surface area contributed by atoms with E-state index in [0.29, 0.717) is 18.2 Å². The molecule has 1 unspecified atom stereocenters. The van der Waals surface area contributed by atoms with Crippen LogP contribution in [0.25, 0.3) is 0 Å². The number of carbonyl (C=O) groups is 1. The van der Waals surface area contributed by atoms with Crippen molar-refractivity contribution in [3.63, 3.8) is 0 Å². The molecule has 18 heavy (non-hydrogen) atoms. The molecule has 2 rings (SSSR count). The van der Waals surface area contributed by atoms with Gasteiger partial charge in [0, 0.05) is 6.54 Å². The fourth-order valence-electron chi connectivity index (χ4n) is 2.08. The van der Waals surface area contributed by atoms with E-state index in [0.717, 1.165) is 19.5 Å². The molecule has 1 heterocycles. The number of rotatable bonds is 4. The minimum atomic E-state index is -0.441. The van der Waals surface area contributed by atoms with Gasteiger partial charge >= 0.3 is 0 Å². The van der Waals surface area contributed by atoms with Crippen LogP contribution in [0.5, 0.6) is 5.75 Å². The third-order valence-corrected chi connectivity index (χ3v) is 3.12. The maximum Gasteiger partial charge on any atom is 0.255 e. The van der Waals surface area contributed by atoms with E-state index < -0.39 is 5.82 Å². The molecule has 0 saturated carbocycles. The number of halogens is 1. The molecular weight excluding hydrogens is 235 g/mol. The van der Waals surface area contributed by atoms with E-state index in [1.807, 2.05) is 0 Å². The summed E-state index contributed by atoms with van der Waals surface area (Å²) in [5, 5.41) is 6.05. The highest BCUT2D eigenvalue weighted by Crippen LogP contribution is 2.19. The van der Waals surface area contributed by atoms with Gasteiger partial charge in [-0.2, -0.15) is 0 Å². The lowest BCUT2D eigenvalue weighted by Crippen LogP contribution is -2.30. The van der Waals surface area contributed by atoms with Crippen molar-refractivity contribution in [2.24, 2.45) is 5.92 Å². The number of amides is 1. The molecule has 98 valence electrons. The number of hydrogen-bond acceptors (Lipinski definition) is 3. The van der Waals surface area contributed by atoms with Crippen molar-refractivity contribution in [1.29, 1.82) is 0 Å². The molecule has 1 aromatic rings. The molecule has 4 nitrogen and oxygen atoms in total. The third-order valence-electron chi connectivity index (χ3n) is 3.12. The Bertz CT molecular complexity index is 431. The Labute approximate surface area is 106 Å². The Kier molecular flexibility index (Phi) is 4.15. The highest BCUT2D eigenvalue weighted by molar-refractivity contribution is 5.96. The van der Waals surface area contributed by atoms with Crippen LogP contribution in [0.2, 0.25) is 0 Å². The first-order valence-corrected chi connectivity index (χ1v) is 6.03. The monoisotopic (exact) mass is 252 g/mol. The Morgan fingerprint density at radius 3 is 3.11 bits per heavy atom. The van der Waals surface area contributed by atoms with Crippen molar-refractivity contribution < 1.29 is 13.9 Å². The van der Waals surface area contributed by atoms with Crippen LogP contribution < -0.4 is 15.4 Å². The zero-order valence-electron chi connectivity index (χ0n) is 10.3. The van der Waals surface area contributed by atoms with Crippen LogP contribution in [0.3, 0.4) is 0 Å². The quantitative estimate of drug-likeness (QED) is 0.846. The molecule has 1 aliphatic rings. The number of nitrogens with one attached hydrogen (secondary N) is 2. The van der Waals surface area contributed by atoms with Crippen LogP contribution in [0.4, 0.5) is 4.39 Å². The summed E-state index contributed by atoms with van der Waals surface area (Å²) >= 11 is 0. The standard InChI is InChI=1S/C13H17FN2O2/c1-18-12-3-2-10(14)6-11(12)13(17)16-8-9-4-5-15-7-9/h2-3,6,9,15H,4-5,7-8H2,1H3,(H,16,17). The predicted octanol–water partition coefficient (Wildman–Crippen LogP) is 1.17. The van der Waals surface area contributed by atoms with Gasteiger partial charge in [0.05, 0.1) is 12.7 Å². The van der Waals surface area contributed by atoms with Gasteiger partial charge in [0.25, 0.3) is 5.91 Å². The number of carbonyl (C=O) groups excluding carboxylic acids is 1. The Hall–Kier alpha value is -1.62. The van der Waals surface area contributed by atoms with E-state index in [-0.39, 0.29) is 11.5 Å². The van der Waals surface area contributed by atoms with Gasteiger partial charge in [0.1, 0.15) is 11.6 Å². The Morgan fingerprint density at radius 2 is 2.44 bits per heavy atom. The molecule has 0 aliphatic carbocycles. The lowest BCUT2D eigenvalue weighted by Gasteiger charge is -2.12. The number of benzene rings is 1. The summed E-state index contributed by atoms with van der Waals surface area (Å²) in [7, 11) is 1.46. The van der Waals surface area contributed by atoms with Gasteiger partial charge in [0.15, 0.2) is 0 Å². The van der Waals surface area contributed by atoms with Crippen LogP contribution in [-0.2, 0) is 0 Å². The Balaban J connectivity index is 2.00. The fraction of sp³-hybridized carbons (Fsp3) is 0.462. The van der Waals surface area contributed by atoms with Gasteiger partial charge < -0.3 is 15.4 Å². The van der Waals surface area contributed by atoms with Crippen LogP contribution >= 0.6 is 0 Å². The topological polar surface area (TPSA) is 50.4 Å². The molecule has 1 amide bonds. The summed E-state index contributed by atoms with van der Waals surface area (Å²) < 4.78 is 18.2. The summed E-state index contributed by atoms with van der Waals surface area (Å²) in [6, 6.07) is 3.93. The molecular formula is C13H17FN2O2. The van der Waals surface area contributed by atoms with Crippen molar-refractivity contribution in [3.8, 4) is 5.75 Å². The molecule has 1 fully saturated rings. The number of hydrogen-bond donors (Lipinski definition) is 2. The zero-order valence-corrected chi connectivity index (χ0v) is 10.3. The van der Waals surface area contributed by atoms with Gasteiger partial charge in [-0.3, -0.25) is 4.79 Å². The van der Waals surface area contributed by atoms with Crippen molar-refractivity contribution >= 4 is 5.91 Å². The van der Waals surface area contributed by atoms with Crippen LogP contribution in [0.15, 0.2) is 18.2 Å². The first-order chi connectivity index (χ1) is 8.70. The van der Waals surface area contributed by atoms with Crippen molar-refractivity contribution in [2.45, 2.75) is 6.42 Å². The van der Waals surface area contributed by atoms with Crippen LogP contribution in [0, 0.1) is 11.7 Å². The van der Waals surface area contributed by atoms with Crippen LogP contribution in [0.1, 0.15) is 16.8 Å². The second kappa shape index (κ2) is 5.82. The summed E-state index contributed by atoms with van der Waals surface area (Å²) in [5.74, 6) is 0.105. The first-order valence-electron chi connectivity index (χ1n) is 6.03. The smallest absolute Gasteiger partial charge is 0.255 e. The van der Waals surface area contributed by atoms with Crippen molar-refractivity contribution in [1.82, 2.24) is 10.6 Å². The molecule has 2 N–H and O–H groups in total. The van der Waals surface area contributed by atoms with Crippen molar-refractivity contribution in [2.75, 3.05) is 26.7 Å². The van der Waals surface area contributed by atoms with E-state index in [2.05, 4.69) is 10.6 Å². The molecule has 1 aromatic carbocycles. The zero-order chi connectivity index (χ0) is 13.0. The molecule has 1 atom stereocenters. The summed E-state index contributed by atoms with van der Waals surface area (Å²) in [6.07, 6.45) is 1.06. The van der Waals surface area contributed by atoms with Gasteiger partial charge in [-0.05, 0) is 43.6 Å². The molecule has 0 aromatic heterocycles. The van der Waals surface area contributed by atoms with E-state index in [1.54, 1.807) is 0 Å². The largest absolute Gasteiger partial charge is 0.496 e. The van der Waals surface area contributed by atoms with E-state index >= 15 is 0 Å². The summed E-state index contributed by atoms with van der Waals surface area (Å²) in [4.78, 5) is 12.0.